The molecule has 1 heterocycles. The third kappa shape index (κ3) is 2.76. The van der Waals surface area contributed by atoms with E-state index in [1.807, 2.05) is 43.3 Å². The number of nitrogens with two attached hydrogens (primary N) is 1. The molecule has 0 amide bonds. The van der Waals surface area contributed by atoms with E-state index in [4.69, 9.17) is 25.4 Å². The molecule has 1 aliphatic heterocycles. The Hall–Kier alpha value is -2.69. The monoisotopic (exact) mass is 284 g/mol. The van der Waals surface area contributed by atoms with Crippen molar-refractivity contribution in [2.75, 3.05) is 6.79 Å². The SMILES string of the molecule is Cc1cc(C(=N)N)ccc1COc1ccc2c(c1)OCO2. The molecule has 0 aromatic heterocycles. The third-order valence-electron chi connectivity index (χ3n) is 3.39. The molecule has 0 fully saturated rings. The number of nitrogen functional groups attached to an aromatic ring is 1. The van der Waals surface area contributed by atoms with Gasteiger partial charge in [0, 0.05) is 11.6 Å². The Morgan fingerprint density at radius 1 is 1.19 bits per heavy atom. The van der Waals surface area contributed by atoms with Crippen LogP contribution in [0.4, 0.5) is 0 Å². The van der Waals surface area contributed by atoms with Gasteiger partial charge in [-0.05, 0) is 36.2 Å². The van der Waals surface area contributed by atoms with Gasteiger partial charge in [-0.25, -0.2) is 0 Å². The zero-order chi connectivity index (χ0) is 14.8. The van der Waals surface area contributed by atoms with Crippen LogP contribution in [0.3, 0.4) is 0 Å². The first-order valence-corrected chi connectivity index (χ1v) is 6.60. The standard InChI is InChI=1S/C16H16N2O3/c1-10-6-11(16(17)18)2-3-12(10)8-19-13-4-5-14-15(7-13)21-9-20-14/h2-7H,8-9H2,1H3,(H3,17,18). The number of hydrogen-bond donors (Lipinski definition) is 2. The first-order valence-electron chi connectivity index (χ1n) is 6.60. The van der Waals surface area contributed by atoms with E-state index in [-0.39, 0.29) is 12.6 Å². The lowest BCUT2D eigenvalue weighted by Crippen LogP contribution is -2.11. The van der Waals surface area contributed by atoms with E-state index < -0.39 is 0 Å². The minimum Gasteiger partial charge on any atom is -0.489 e. The van der Waals surface area contributed by atoms with E-state index in [0.29, 0.717) is 12.4 Å². The lowest BCUT2D eigenvalue weighted by Gasteiger charge is -2.10. The largest absolute Gasteiger partial charge is 0.489 e. The highest BCUT2D eigenvalue weighted by Crippen LogP contribution is 2.35. The van der Waals surface area contributed by atoms with Crippen LogP contribution in [-0.4, -0.2) is 12.6 Å². The quantitative estimate of drug-likeness (QED) is 0.668. The molecule has 0 saturated heterocycles. The molecule has 5 nitrogen and oxygen atoms in total. The van der Waals surface area contributed by atoms with Crippen molar-refractivity contribution in [3.05, 3.63) is 53.1 Å². The minimum absolute atomic E-state index is 0.0707. The summed E-state index contributed by atoms with van der Waals surface area (Å²) in [5.41, 5.74) is 8.30. The van der Waals surface area contributed by atoms with E-state index in [1.54, 1.807) is 0 Å². The number of aryl methyl sites for hydroxylation is 1. The normalized spacial score (nSPS) is 12.2. The average molecular weight is 284 g/mol. The topological polar surface area (TPSA) is 77.6 Å². The molecule has 2 aromatic rings. The second-order valence-electron chi connectivity index (χ2n) is 4.86. The van der Waals surface area contributed by atoms with Crippen LogP contribution >= 0.6 is 0 Å². The van der Waals surface area contributed by atoms with Crippen LogP contribution in [0.15, 0.2) is 36.4 Å². The molecular formula is C16H16N2O3. The molecule has 5 heteroatoms. The number of benzene rings is 2. The molecular weight excluding hydrogens is 268 g/mol. The van der Waals surface area contributed by atoms with Crippen molar-refractivity contribution >= 4 is 5.84 Å². The van der Waals surface area contributed by atoms with Gasteiger partial charge >= 0.3 is 0 Å². The van der Waals surface area contributed by atoms with E-state index in [1.165, 1.54) is 0 Å². The maximum atomic E-state index is 7.43. The Labute approximate surface area is 122 Å². The minimum atomic E-state index is 0.0707. The van der Waals surface area contributed by atoms with Crippen molar-refractivity contribution in [3.8, 4) is 17.2 Å². The summed E-state index contributed by atoms with van der Waals surface area (Å²) in [7, 11) is 0. The third-order valence-corrected chi connectivity index (χ3v) is 3.39. The maximum Gasteiger partial charge on any atom is 0.231 e. The molecule has 3 rings (SSSR count). The zero-order valence-electron chi connectivity index (χ0n) is 11.7. The van der Waals surface area contributed by atoms with Gasteiger partial charge in [-0.1, -0.05) is 12.1 Å². The predicted octanol–water partition coefficient (Wildman–Crippen LogP) is 2.59. The van der Waals surface area contributed by atoms with Crippen LogP contribution in [0.25, 0.3) is 0 Å². The predicted molar refractivity (Wildman–Crippen MR) is 79.1 cm³/mol. The van der Waals surface area contributed by atoms with E-state index in [9.17, 15) is 0 Å². The lowest BCUT2D eigenvalue weighted by molar-refractivity contribution is 0.173. The highest BCUT2D eigenvalue weighted by Gasteiger charge is 2.13. The smallest absolute Gasteiger partial charge is 0.231 e. The summed E-state index contributed by atoms with van der Waals surface area (Å²) in [6, 6.07) is 11.2. The first-order chi connectivity index (χ1) is 10.1. The van der Waals surface area contributed by atoms with Gasteiger partial charge in [0.1, 0.15) is 18.2 Å². The number of fused-ring (bicyclic) bond motifs is 1. The molecule has 0 spiro atoms. The molecule has 21 heavy (non-hydrogen) atoms. The molecule has 0 aliphatic carbocycles. The van der Waals surface area contributed by atoms with E-state index >= 15 is 0 Å². The van der Waals surface area contributed by atoms with Crippen molar-refractivity contribution in [2.24, 2.45) is 5.73 Å². The van der Waals surface area contributed by atoms with Crippen molar-refractivity contribution in [1.29, 1.82) is 5.41 Å². The Bertz CT molecular complexity index is 698. The second-order valence-corrected chi connectivity index (χ2v) is 4.86. The van der Waals surface area contributed by atoms with E-state index in [2.05, 4.69) is 0 Å². The highest BCUT2D eigenvalue weighted by molar-refractivity contribution is 5.95. The average Bonchev–Trinajstić information content (AvgIpc) is 2.93. The number of hydrogen-bond acceptors (Lipinski definition) is 4. The van der Waals surface area contributed by atoms with Crippen molar-refractivity contribution in [3.63, 3.8) is 0 Å². The van der Waals surface area contributed by atoms with Crippen LogP contribution in [0.1, 0.15) is 16.7 Å². The molecule has 2 aromatic carbocycles. The summed E-state index contributed by atoms with van der Waals surface area (Å²) >= 11 is 0. The van der Waals surface area contributed by atoms with Crippen LogP contribution in [0.5, 0.6) is 17.2 Å². The van der Waals surface area contributed by atoms with Gasteiger partial charge < -0.3 is 19.9 Å². The Morgan fingerprint density at radius 3 is 2.76 bits per heavy atom. The zero-order valence-corrected chi connectivity index (χ0v) is 11.7. The van der Waals surface area contributed by atoms with Crippen molar-refractivity contribution in [2.45, 2.75) is 13.5 Å². The molecule has 108 valence electrons. The lowest BCUT2D eigenvalue weighted by atomic mass is 10.1. The molecule has 3 N–H and O–H groups in total. The summed E-state index contributed by atoms with van der Waals surface area (Å²) in [4.78, 5) is 0. The number of ether oxygens (including phenoxy) is 3. The molecule has 0 radical (unpaired) electrons. The highest BCUT2D eigenvalue weighted by atomic mass is 16.7. The Kier molecular flexibility index (Phi) is 3.39. The summed E-state index contributed by atoms with van der Waals surface area (Å²) in [6.07, 6.45) is 0. The van der Waals surface area contributed by atoms with Gasteiger partial charge in [-0.15, -0.1) is 0 Å². The number of amidine groups is 1. The maximum absolute atomic E-state index is 7.43. The number of nitrogens with one attached hydrogen (secondary N) is 1. The van der Waals surface area contributed by atoms with Gasteiger partial charge in [0.15, 0.2) is 11.5 Å². The van der Waals surface area contributed by atoms with Crippen LogP contribution in [0.2, 0.25) is 0 Å². The summed E-state index contributed by atoms with van der Waals surface area (Å²) < 4.78 is 16.4. The molecule has 1 aliphatic rings. The van der Waals surface area contributed by atoms with Gasteiger partial charge in [0.05, 0.1) is 0 Å². The number of rotatable bonds is 4. The van der Waals surface area contributed by atoms with Crippen LogP contribution in [0, 0.1) is 12.3 Å². The fourth-order valence-corrected chi connectivity index (χ4v) is 2.15. The first kappa shape index (κ1) is 13.3. The van der Waals surface area contributed by atoms with Crippen LogP contribution in [-0.2, 0) is 6.61 Å². The van der Waals surface area contributed by atoms with Gasteiger partial charge in [0.2, 0.25) is 6.79 Å². The summed E-state index contributed by atoms with van der Waals surface area (Å²) in [6.45, 7) is 2.68. The summed E-state index contributed by atoms with van der Waals surface area (Å²) in [5, 5.41) is 7.43. The fourth-order valence-electron chi connectivity index (χ4n) is 2.15. The molecule has 0 unspecified atom stereocenters. The van der Waals surface area contributed by atoms with Crippen molar-refractivity contribution < 1.29 is 14.2 Å². The second kappa shape index (κ2) is 5.36. The van der Waals surface area contributed by atoms with Gasteiger partial charge in [-0.2, -0.15) is 0 Å². The van der Waals surface area contributed by atoms with Crippen LogP contribution < -0.4 is 19.9 Å². The Morgan fingerprint density at radius 2 is 2.00 bits per heavy atom. The van der Waals surface area contributed by atoms with Crippen molar-refractivity contribution in [1.82, 2.24) is 0 Å². The molecule has 0 bridgehead atoms. The van der Waals surface area contributed by atoms with Gasteiger partial charge in [0.25, 0.3) is 0 Å². The van der Waals surface area contributed by atoms with E-state index in [0.717, 1.165) is 28.2 Å². The summed E-state index contributed by atoms with van der Waals surface area (Å²) in [5.74, 6) is 2.25. The fraction of sp³-hybridized carbons (Fsp3) is 0.188. The molecule has 0 atom stereocenters. The Balaban J connectivity index is 1.71. The molecule has 0 saturated carbocycles. The van der Waals surface area contributed by atoms with Gasteiger partial charge in [-0.3, -0.25) is 5.41 Å².